The zero-order valence-electron chi connectivity index (χ0n) is 15.9. The van der Waals surface area contributed by atoms with E-state index in [9.17, 15) is 14.4 Å². The Hall–Kier alpha value is -1.79. The smallest absolute Gasteiger partial charge is 0.315 e. The van der Waals surface area contributed by atoms with Crippen molar-refractivity contribution in [2.24, 2.45) is 5.92 Å². The van der Waals surface area contributed by atoms with Gasteiger partial charge in [-0.15, -0.1) is 0 Å². The average molecular weight is 367 g/mol. The van der Waals surface area contributed by atoms with Gasteiger partial charge >= 0.3 is 12.0 Å². The maximum Gasteiger partial charge on any atom is 0.315 e. The van der Waals surface area contributed by atoms with Crippen LogP contribution in [-0.2, 0) is 14.3 Å². The Morgan fingerprint density at radius 3 is 2.58 bits per heavy atom. The minimum absolute atomic E-state index is 0.0495. The number of nitrogens with zero attached hydrogens (tertiary/aromatic N) is 1. The minimum Gasteiger partial charge on any atom is -0.466 e. The van der Waals surface area contributed by atoms with Crippen LogP contribution in [0.15, 0.2) is 0 Å². The second kappa shape index (κ2) is 11.0. The van der Waals surface area contributed by atoms with Gasteiger partial charge in [-0.1, -0.05) is 19.3 Å². The van der Waals surface area contributed by atoms with E-state index in [1.807, 2.05) is 0 Å². The standard InChI is InChI=1S/C19H33N3O4/c1-2-26-18(24)15-8-7-13-22(14-15)17(23)11-6-12-20-19(25)21-16-9-4-3-5-10-16/h15-16H,2-14H2,1H3,(H2,20,21,25). The largest absolute Gasteiger partial charge is 0.466 e. The molecule has 0 bridgehead atoms. The van der Waals surface area contributed by atoms with Gasteiger partial charge in [0.1, 0.15) is 0 Å². The molecule has 1 saturated heterocycles. The fourth-order valence-corrected chi connectivity index (χ4v) is 3.74. The van der Waals surface area contributed by atoms with E-state index in [0.29, 0.717) is 45.1 Å². The molecule has 1 aliphatic carbocycles. The Labute approximate surface area is 156 Å². The summed E-state index contributed by atoms with van der Waals surface area (Å²) in [6.45, 7) is 3.80. The molecule has 2 N–H and O–H groups in total. The van der Waals surface area contributed by atoms with Crippen molar-refractivity contribution in [2.45, 2.75) is 70.8 Å². The number of rotatable bonds is 7. The molecular formula is C19H33N3O4. The first-order valence-electron chi connectivity index (χ1n) is 10.1. The normalized spacial score (nSPS) is 21.1. The first-order valence-corrected chi connectivity index (χ1v) is 10.1. The fraction of sp³-hybridized carbons (Fsp3) is 0.842. The number of urea groups is 1. The molecule has 1 heterocycles. The lowest BCUT2D eigenvalue weighted by atomic mass is 9.96. The van der Waals surface area contributed by atoms with Crippen molar-refractivity contribution in [1.29, 1.82) is 0 Å². The number of carbonyl (C=O) groups excluding carboxylic acids is 3. The molecule has 0 aromatic carbocycles. The van der Waals surface area contributed by atoms with Crippen molar-refractivity contribution in [2.75, 3.05) is 26.2 Å². The van der Waals surface area contributed by atoms with Crippen LogP contribution in [0.1, 0.15) is 64.7 Å². The Kier molecular flexibility index (Phi) is 8.71. The molecule has 1 unspecified atom stereocenters. The van der Waals surface area contributed by atoms with Gasteiger partial charge in [0.05, 0.1) is 12.5 Å². The molecular weight excluding hydrogens is 334 g/mol. The first-order chi connectivity index (χ1) is 12.6. The topological polar surface area (TPSA) is 87.7 Å². The first kappa shape index (κ1) is 20.5. The summed E-state index contributed by atoms with van der Waals surface area (Å²) < 4.78 is 5.07. The zero-order chi connectivity index (χ0) is 18.8. The summed E-state index contributed by atoms with van der Waals surface area (Å²) >= 11 is 0. The van der Waals surface area contributed by atoms with E-state index in [-0.39, 0.29) is 23.8 Å². The van der Waals surface area contributed by atoms with Crippen LogP contribution in [0.5, 0.6) is 0 Å². The molecule has 7 nitrogen and oxygen atoms in total. The number of hydrogen-bond acceptors (Lipinski definition) is 4. The summed E-state index contributed by atoms with van der Waals surface area (Å²) in [4.78, 5) is 37.8. The third-order valence-corrected chi connectivity index (χ3v) is 5.19. The number of piperidine rings is 1. The van der Waals surface area contributed by atoms with Gasteiger partial charge in [-0.2, -0.15) is 0 Å². The monoisotopic (exact) mass is 367 g/mol. The van der Waals surface area contributed by atoms with Gasteiger partial charge < -0.3 is 20.3 Å². The Morgan fingerprint density at radius 1 is 1.08 bits per heavy atom. The number of esters is 1. The van der Waals surface area contributed by atoms with E-state index in [1.165, 1.54) is 19.3 Å². The molecule has 1 saturated carbocycles. The Morgan fingerprint density at radius 2 is 1.85 bits per heavy atom. The van der Waals surface area contributed by atoms with Gasteiger partial charge in [0, 0.05) is 32.1 Å². The summed E-state index contributed by atoms with van der Waals surface area (Å²) in [6.07, 6.45) is 8.35. The molecule has 1 aliphatic heterocycles. The molecule has 0 radical (unpaired) electrons. The van der Waals surface area contributed by atoms with Crippen molar-refractivity contribution in [1.82, 2.24) is 15.5 Å². The number of nitrogens with one attached hydrogen (secondary N) is 2. The van der Waals surface area contributed by atoms with Crippen molar-refractivity contribution in [3.05, 3.63) is 0 Å². The minimum atomic E-state index is -0.203. The van der Waals surface area contributed by atoms with Crippen LogP contribution in [0.25, 0.3) is 0 Å². The highest BCUT2D eigenvalue weighted by molar-refractivity contribution is 5.78. The molecule has 2 aliphatic rings. The van der Waals surface area contributed by atoms with E-state index in [0.717, 1.165) is 25.7 Å². The number of amides is 3. The van der Waals surface area contributed by atoms with Crippen LogP contribution >= 0.6 is 0 Å². The van der Waals surface area contributed by atoms with Gasteiger partial charge in [0.25, 0.3) is 0 Å². The second-order valence-electron chi connectivity index (χ2n) is 7.27. The molecule has 3 amide bonds. The summed E-state index contributed by atoms with van der Waals surface area (Å²) in [7, 11) is 0. The average Bonchev–Trinajstić information content (AvgIpc) is 2.66. The Balaban J connectivity index is 1.60. The van der Waals surface area contributed by atoms with Gasteiger partial charge in [0.15, 0.2) is 0 Å². The van der Waals surface area contributed by atoms with Gasteiger partial charge in [-0.3, -0.25) is 9.59 Å². The SMILES string of the molecule is CCOC(=O)C1CCCN(C(=O)CCCNC(=O)NC2CCCCC2)C1. The van der Waals surface area contributed by atoms with Crippen molar-refractivity contribution >= 4 is 17.9 Å². The number of hydrogen-bond donors (Lipinski definition) is 2. The third kappa shape index (κ3) is 6.84. The van der Waals surface area contributed by atoms with Crippen molar-refractivity contribution < 1.29 is 19.1 Å². The maximum absolute atomic E-state index is 12.3. The number of ether oxygens (including phenoxy) is 1. The van der Waals surface area contributed by atoms with Crippen LogP contribution in [0.3, 0.4) is 0 Å². The third-order valence-electron chi connectivity index (χ3n) is 5.19. The lowest BCUT2D eigenvalue weighted by Gasteiger charge is -2.31. The van der Waals surface area contributed by atoms with E-state index in [1.54, 1.807) is 11.8 Å². The number of carbonyl (C=O) groups is 3. The fourth-order valence-electron chi connectivity index (χ4n) is 3.74. The van der Waals surface area contributed by atoms with Crippen molar-refractivity contribution in [3.8, 4) is 0 Å². The predicted octanol–water partition coefficient (Wildman–Crippen LogP) is 2.20. The van der Waals surface area contributed by atoms with Crippen LogP contribution in [0, 0.1) is 5.92 Å². The molecule has 26 heavy (non-hydrogen) atoms. The summed E-state index contributed by atoms with van der Waals surface area (Å²) in [5, 5.41) is 5.84. The van der Waals surface area contributed by atoms with Crippen LogP contribution in [0.2, 0.25) is 0 Å². The molecule has 0 spiro atoms. The Bertz CT molecular complexity index is 477. The molecule has 2 fully saturated rings. The quantitative estimate of drug-likeness (QED) is 0.533. The highest BCUT2D eigenvalue weighted by Gasteiger charge is 2.29. The van der Waals surface area contributed by atoms with E-state index >= 15 is 0 Å². The van der Waals surface area contributed by atoms with E-state index < -0.39 is 0 Å². The van der Waals surface area contributed by atoms with E-state index in [2.05, 4.69) is 10.6 Å². The molecule has 0 aromatic heterocycles. The molecule has 2 rings (SSSR count). The highest BCUT2D eigenvalue weighted by atomic mass is 16.5. The molecule has 7 heteroatoms. The molecule has 0 aromatic rings. The van der Waals surface area contributed by atoms with E-state index in [4.69, 9.17) is 4.74 Å². The summed E-state index contributed by atoms with van der Waals surface area (Å²) in [6, 6.07) is 0.156. The summed E-state index contributed by atoms with van der Waals surface area (Å²) in [5.41, 5.74) is 0. The zero-order valence-corrected chi connectivity index (χ0v) is 15.9. The predicted molar refractivity (Wildman–Crippen MR) is 98.6 cm³/mol. The summed E-state index contributed by atoms with van der Waals surface area (Å²) in [5.74, 6) is -0.355. The van der Waals surface area contributed by atoms with Gasteiger partial charge in [-0.25, -0.2) is 4.79 Å². The van der Waals surface area contributed by atoms with Crippen LogP contribution in [0.4, 0.5) is 4.79 Å². The molecule has 148 valence electrons. The number of likely N-dealkylation sites (tertiary alicyclic amines) is 1. The lowest BCUT2D eigenvalue weighted by molar-refractivity contribution is -0.151. The van der Waals surface area contributed by atoms with Gasteiger partial charge in [-0.05, 0) is 39.0 Å². The second-order valence-corrected chi connectivity index (χ2v) is 7.27. The molecule has 1 atom stereocenters. The van der Waals surface area contributed by atoms with Crippen LogP contribution in [-0.4, -0.2) is 55.1 Å². The van der Waals surface area contributed by atoms with Crippen molar-refractivity contribution in [3.63, 3.8) is 0 Å². The highest BCUT2D eigenvalue weighted by Crippen LogP contribution is 2.19. The van der Waals surface area contributed by atoms with Gasteiger partial charge in [0.2, 0.25) is 5.91 Å². The lowest BCUT2D eigenvalue weighted by Crippen LogP contribution is -2.44. The van der Waals surface area contributed by atoms with Crippen LogP contribution < -0.4 is 10.6 Å². The maximum atomic E-state index is 12.3.